The van der Waals surface area contributed by atoms with Crippen LogP contribution in [0.1, 0.15) is 10.4 Å². The van der Waals surface area contributed by atoms with Gasteiger partial charge >= 0.3 is 11.9 Å². The number of carbonyl (C=O) groups is 1. The largest absolute Gasteiger partial charge is 0.466 e. The Morgan fingerprint density at radius 1 is 1.18 bits per heavy atom. The van der Waals surface area contributed by atoms with Crippen molar-refractivity contribution < 1.29 is 36.8 Å². The van der Waals surface area contributed by atoms with Crippen molar-refractivity contribution in [2.75, 3.05) is 43.1 Å². The number of ether oxygens (including phenoxy) is 2. The van der Waals surface area contributed by atoms with Gasteiger partial charge in [0.1, 0.15) is 17.3 Å². The molecule has 1 aliphatic heterocycles. The average molecular weight is 561 g/mol. The van der Waals surface area contributed by atoms with Crippen LogP contribution < -0.4 is 15.0 Å². The Hall–Kier alpha value is -4.86. The molecule has 3 aromatic heterocycles. The van der Waals surface area contributed by atoms with E-state index in [4.69, 9.17) is 9.47 Å². The van der Waals surface area contributed by atoms with Gasteiger partial charge in [0, 0.05) is 42.5 Å². The molecule has 16 heteroatoms. The zero-order valence-corrected chi connectivity index (χ0v) is 20.4. The van der Waals surface area contributed by atoms with Crippen molar-refractivity contribution in [2.45, 2.75) is 6.18 Å². The topological polar surface area (TPSA) is 138 Å². The van der Waals surface area contributed by atoms with E-state index >= 15 is 0 Å². The van der Waals surface area contributed by atoms with Gasteiger partial charge in [0.15, 0.2) is 12.9 Å². The maximum atomic E-state index is 14.0. The van der Waals surface area contributed by atoms with Crippen molar-refractivity contribution in [3.05, 3.63) is 64.2 Å². The van der Waals surface area contributed by atoms with Crippen LogP contribution in [0.3, 0.4) is 0 Å². The lowest BCUT2D eigenvalue weighted by atomic mass is 10.2. The molecule has 4 aromatic rings. The van der Waals surface area contributed by atoms with Crippen LogP contribution in [-0.4, -0.2) is 69.8 Å². The molecule has 40 heavy (non-hydrogen) atoms. The predicted octanol–water partition coefficient (Wildman–Crippen LogP) is 4.20. The molecule has 0 saturated carbocycles. The standard InChI is InChI=1S/C24H19F4N7O5/c25-15-1-2-16-14(12-36)11-34(18(16)9-15)20-3-4-29-23(31-20)30-17-10-19(35(37)38)21(33-5-7-39-8-6-33)32-22(17)40-13-24(26,27)28/h1-4,9-12H,5-8,13H2,(H,29,30,31). The van der Waals surface area contributed by atoms with E-state index in [0.717, 1.165) is 6.07 Å². The van der Waals surface area contributed by atoms with Crippen LogP contribution in [0, 0.1) is 15.9 Å². The van der Waals surface area contributed by atoms with Crippen LogP contribution in [0.2, 0.25) is 0 Å². The minimum Gasteiger partial charge on any atom is -0.466 e. The maximum Gasteiger partial charge on any atom is 0.422 e. The number of aromatic nitrogens is 4. The van der Waals surface area contributed by atoms with Gasteiger partial charge < -0.3 is 24.3 Å². The minimum atomic E-state index is -4.71. The first-order valence-electron chi connectivity index (χ1n) is 11.7. The number of pyridine rings is 1. The second-order valence-electron chi connectivity index (χ2n) is 8.54. The quantitative estimate of drug-likeness (QED) is 0.144. The van der Waals surface area contributed by atoms with E-state index in [-0.39, 0.29) is 55.1 Å². The molecule has 0 amide bonds. The fraction of sp³-hybridized carbons (Fsp3) is 0.250. The molecule has 1 fully saturated rings. The number of nitro groups is 1. The van der Waals surface area contributed by atoms with Crippen molar-refractivity contribution in [3.8, 4) is 11.7 Å². The molecule has 12 nitrogen and oxygen atoms in total. The Bertz CT molecular complexity index is 1590. The van der Waals surface area contributed by atoms with E-state index in [1.54, 1.807) is 0 Å². The Morgan fingerprint density at radius 3 is 2.65 bits per heavy atom. The molecule has 5 rings (SSSR count). The lowest BCUT2D eigenvalue weighted by Gasteiger charge is -2.28. The van der Waals surface area contributed by atoms with E-state index < -0.39 is 35.1 Å². The number of hydrogen-bond acceptors (Lipinski definition) is 10. The molecule has 4 heterocycles. The van der Waals surface area contributed by atoms with E-state index in [2.05, 4.69) is 20.3 Å². The van der Waals surface area contributed by atoms with Gasteiger partial charge in [-0.1, -0.05) is 0 Å². The molecular formula is C24H19F4N7O5. The Morgan fingerprint density at radius 2 is 1.95 bits per heavy atom. The van der Waals surface area contributed by atoms with Gasteiger partial charge in [0.25, 0.3) is 0 Å². The van der Waals surface area contributed by atoms with Gasteiger partial charge in [0.05, 0.1) is 23.7 Å². The number of aldehydes is 1. The third-order valence-corrected chi connectivity index (χ3v) is 5.89. The number of halogens is 4. The molecule has 1 aliphatic rings. The Labute approximate surface area is 222 Å². The van der Waals surface area contributed by atoms with Crippen molar-refractivity contribution >= 4 is 40.3 Å². The second kappa shape index (κ2) is 10.7. The number of nitrogens with one attached hydrogen (secondary N) is 1. The van der Waals surface area contributed by atoms with Crippen molar-refractivity contribution in [2.24, 2.45) is 0 Å². The summed E-state index contributed by atoms with van der Waals surface area (Å²) in [5.41, 5.74) is -0.179. The maximum absolute atomic E-state index is 14.0. The molecule has 0 spiro atoms. The summed E-state index contributed by atoms with van der Waals surface area (Å²) in [5.74, 6) is -1.30. The van der Waals surface area contributed by atoms with Crippen molar-refractivity contribution in [3.63, 3.8) is 0 Å². The number of nitrogens with zero attached hydrogens (tertiary/aromatic N) is 6. The summed E-state index contributed by atoms with van der Waals surface area (Å²) < 4.78 is 64.6. The fourth-order valence-electron chi connectivity index (χ4n) is 4.14. The summed E-state index contributed by atoms with van der Waals surface area (Å²) in [6.07, 6.45) is -1.37. The third kappa shape index (κ3) is 5.61. The minimum absolute atomic E-state index is 0.173. The molecule has 208 valence electrons. The highest BCUT2D eigenvalue weighted by Crippen LogP contribution is 2.37. The number of morpholine rings is 1. The van der Waals surface area contributed by atoms with E-state index in [1.165, 1.54) is 46.1 Å². The van der Waals surface area contributed by atoms with Crippen LogP contribution in [-0.2, 0) is 4.74 Å². The van der Waals surface area contributed by atoms with Gasteiger partial charge in [0.2, 0.25) is 17.6 Å². The number of rotatable bonds is 8. The van der Waals surface area contributed by atoms with Gasteiger partial charge in [-0.15, -0.1) is 0 Å². The highest BCUT2D eigenvalue weighted by Gasteiger charge is 2.32. The second-order valence-corrected chi connectivity index (χ2v) is 8.54. The number of alkyl halides is 3. The Balaban J connectivity index is 1.56. The Kier molecular flexibility index (Phi) is 7.17. The van der Waals surface area contributed by atoms with E-state index in [1.807, 2.05) is 0 Å². The van der Waals surface area contributed by atoms with E-state index in [0.29, 0.717) is 17.2 Å². The fourth-order valence-corrected chi connectivity index (χ4v) is 4.14. The highest BCUT2D eigenvalue weighted by molar-refractivity contribution is 5.98. The number of hydrogen-bond donors (Lipinski definition) is 1. The van der Waals surface area contributed by atoms with Gasteiger partial charge in [-0.2, -0.15) is 23.1 Å². The normalized spacial score (nSPS) is 13.8. The summed E-state index contributed by atoms with van der Waals surface area (Å²) in [7, 11) is 0. The third-order valence-electron chi connectivity index (χ3n) is 5.89. The lowest BCUT2D eigenvalue weighted by molar-refractivity contribution is -0.384. The first kappa shape index (κ1) is 26.7. The molecule has 0 radical (unpaired) electrons. The molecular weight excluding hydrogens is 542 g/mol. The summed E-state index contributed by atoms with van der Waals surface area (Å²) in [4.78, 5) is 36.6. The monoisotopic (exact) mass is 561 g/mol. The first-order chi connectivity index (χ1) is 19.1. The van der Waals surface area contributed by atoms with E-state index in [9.17, 15) is 32.5 Å². The highest BCUT2D eigenvalue weighted by atomic mass is 19.4. The van der Waals surface area contributed by atoms with Crippen LogP contribution in [0.25, 0.3) is 16.7 Å². The average Bonchev–Trinajstić information content (AvgIpc) is 3.30. The summed E-state index contributed by atoms with van der Waals surface area (Å²) >= 11 is 0. The summed E-state index contributed by atoms with van der Waals surface area (Å²) in [6.45, 7) is -0.729. The van der Waals surface area contributed by atoms with Gasteiger partial charge in [-0.25, -0.2) is 9.37 Å². The molecule has 0 bridgehead atoms. The molecule has 1 saturated heterocycles. The lowest BCUT2D eigenvalue weighted by Crippen LogP contribution is -2.37. The van der Waals surface area contributed by atoms with Crippen LogP contribution in [0.4, 0.5) is 40.7 Å². The van der Waals surface area contributed by atoms with Crippen molar-refractivity contribution in [1.82, 2.24) is 19.5 Å². The summed E-state index contributed by atoms with van der Waals surface area (Å²) in [6, 6.07) is 6.29. The molecule has 1 N–H and O–H groups in total. The van der Waals surface area contributed by atoms with Gasteiger partial charge in [-0.05, 0) is 24.3 Å². The van der Waals surface area contributed by atoms with Gasteiger partial charge in [-0.3, -0.25) is 14.9 Å². The number of carbonyl (C=O) groups excluding carboxylic acids is 1. The zero-order chi connectivity index (χ0) is 28.4. The smallest absolute Gasteiger partial charge is 0.422 e. The zero-order valence-electron chi connectivity index (χ0n) is 20.4. The predicted molar refractivity (Wildman–Crippen MR) is 133 cm³/mol. The van der Waals surface area contributed by atoms with Crippen LogP contribution in [0.5, 0.6) is 5.88 Å². The molecule has 1 aromatic carbocycles. The van der Waals surface area contributed by atoms with Crippen LogP contribution in [0.15, 0.2) is 42.7 Å². The molecule has 0 aliphatic carbocycles. The SMILES string of the molecule is O=Cc1cn(-c2ccnc(Nc3cc([N+](=O)[O-])c(N4CCOCC4)nc3OCC(F)(F)F)n2)c2cc(F)ccc12. The molecule has 0 unspecified atom stereocenters. The van der Waals surface area contributed by atoms with Crippen molar-refractivity contribution in [1.29, 1.82) is 0 Å². The number of fused-ring (bicyclic) bond motifs is 1. The first-order valence-corrected chi connectivity index (χ1v) is 11.7. The summed E-state index contributed by atoms with van der Waals surface area (Å²) in [5, 5.41) is 15.0. The number of benzene rings is 1. The molecule has 0 atom stereocenters. The number of anilines is 3. The van der Waals surface area contributed by atoms with Crippen LogP contribution >= 0.6 is 0 Å².